The van der Waals surface area contributed by atoms with E-state index in [1.807, 2.05) is 0 Å². The van der Waals surface area contributed by atoms with Gasteiger partial charge in [0.2, 0.25) is 0 Å². The minimum Gasteiger partial charge on any atom is -0.378 e. The highest BCUT2D eigenvalue weighted by atomic mass is 16.5. The van der Waals surface area contributed by atoms with Gasteiger partial charge in [-0.3, -0.25) is 0 Å². The number of nitrogens with zero attached hydrogens (tertiary/aromatic N) is 1. The average Bonchev–Trinajstić information content (AvgIpc) is 2.79. The predicted molar refractivity (Wildman–Crippen MR) is 67.0 cm³/mol. The van der Waals surface area contributed by atoms with Crippen molar-refractivity contribution in [3.63, 3.8) is 0 Å². The van der Waals surface area contributed by atoms with Gasteiger partial charge < -0.3 is 14.4 Å². The van der Waals surface area contributed by atoms with Crippen molar-refractivity contribution in [1.29, 1.82) is 0 Å². The van der Waals surface area contributed by atoms with Crippen LogP contribution in [0.4, 0.5) is 0 Å². The summed E-state index contributed by atoms with van der Waals surface area (Å²) in [6.07, 6.45) is 5.96. The SMILES string of the molecule is CCOC1COCC1CC1CC2CCN1CC2. The van der Waals surface area contributed by atoms with Crippen LogP contribution in [-0.2, 0) is 9.47 Å². The molecule has 4 heterocycles. The van der Waals surface area contributed by atoms with E-state index in [0.717, 1.165) is 31.8 Å². The highest BCUT2D eigenvalue weighted by Gasteiger charge is 2.38. The van der Waals surface area contributed by atoms with Crippen molar-refractivity contribution in [2.45, 2.75) is 44.8 Å². The van der Waals surface area contributed by atoms with Crippen LogP contribution in [0.1, 0.15) is 32.6 Å². The van der Waals surface area contributed by atoms with E-state index in [-0.39, 0.29) is 0 Å². The zero-order valence-corrected chi connectivity index (χ0v) is 10.9. The van der Waals surface area contributed by atoms with E-state index in [9.17, 15) is 0 Å². The molecule has 4 rings (SSSR count). The standard InChI is InChI=1S/C14H25NO2/c1-2-17-14-10-16-9-12(14)8-13-7-11-3-5-15(13)6-4-11/h11-14H,2-10H2,1H3. The molecule has 17 heavy (non-hydrogen) atoms. The van der Waals surface area contributed by atoms with Gasteiger partial charge >= 0.3 is 0 Å². The molecular formula is C14H25NO2. The summed E-state index contributed by atoms with van der Waals surface area (Å²) < 4.78 is 11.4. The lowest BCUT2D eigenvalue weighted by molar-refractivity contribution is 0.00333. The molecule has 0 spiro atoms. The first kappa shape index (κ1) is 11.9. The van der Waals surface area contributed by atoms with E-state index in [4.69, 9.17) is 9.47 Å². The zero-order chi connectivity index (χ0) is 11.7. The second-order valence-electron chi connectivity index (χ2n) is 5.90. The van der Waals surface area contributed by atoms with E-state index >= 15 is 0 Å². The van der Waals surface area contributed by atoms with E-state index < -0.39 is 0 Å². The first-order valence-corrected chi connectivity index (χ1v) is 7.30. The molecule has 0 N–H and O–H groups in total. The summed E-state index contributed by atoms with van der Waals surface area (Å²) in [4.78, 5) is 2.71. The monoisotopic (exact) mass is 239 g/mol. The van der Waals surface area contributed by atoms with Crippen LogP contribution in [0.15, 0.2) is 0 Å². The molecule has 3 atom stereocenters. The Morgan fingerprint density at radius 1 is 1.24 bits per heavy atom. The number of fused-ring (bicyclic) bond motifs is 3. The summed E-state index contributed by atoms with van der Waals surface area (Å²) in [6.45, 7) is 7.31. The smallest absolute Gasteiger partial charge is 0.0858 e. The molecule has 0 radical (unpaired) electrons. The fourth-order valence-corrected chi connectivity index (χ4v) is 3.88. The second-order valence-corrected chi connectivity index (χ2v) is 5.90. The van der Waals surface area contributed by atoms with Gasteiger partial charge in [0.05, 0.1) is 19.3 Å². The Hall–Kier alpha value is -0.120. The van der Waals surface area contributed by atoms with Crippen LogP contribution in [0.2, 0.25) is 0 Å². The lowest BCUT2D eigenvalue weighted by atomic mass is 9.79. The van der Waals surface area contributed by atoms with Crippen molar-refractivity contribution in [2.75, 3.05) is 32.9 Å². The van der Waals surface area contributed by atoms with Gasteiger partial charge in [-0.05, 0) is 51.6 Å². The molecule has 0 amide bonds. The number of ether oxygens (including phenoxy) is 2. The number of hydrogen-bond donors (Lipinski definition) is 0. The molecule has 0 aromatic carbocycles. The van der Waals surface area contributed by atoms with E-state index in [1.165, 1.54) is 38.8 Å². The molecule has 4 aliphatic rings. The van der Waals surface area contributed by atoms with Crippen molar-refractivity contribution in [3.05, 3.63) is 0 Å². The van der Waals surface area contributed by atoms with Crippen molar-refractivity contribution in [2.24, 2.45) is 11.8 Å². The third-order valence-corrected chi connectivity index (χ3v) is 4.87. The fourth-order valence-electron chi connectivity index (χ4n) is 3.88. The average molecular weight is 239 g/mol. The molecule has 3 unspecified atom stereocenters. The Bertz CT molecular complexity index is 251. The largest absolute Gasteiger partial charge is 0.378 e. The van der Waals surface area contributed by atoms with Gasteiger partial charge in [-0.15, -0.1) is 0 Å². The van der Waals surface area contributed by atoms with Crippen LogP contribution in [0, 0.1) is 11.8 Å². The molecule has 0 saturated carbocycles. The Balaban J connectivity index is 1.55. The van der Waals surface area contributed by atoms with Crippen LogP contribution in [-0.4, -0.2) is 50.0 Å². The summed E-state index contributed by atoms with van der Waals surface area (Å²) in [7, 11) is 0. The molecule has 0 aliphatic carbocycles. The van der Waals surface area contributed by atoms with Crippen molar-refractivity contribution >= 4 is 0 Å². The third kappa shape index (κ3) is 2.51. The predicted octanol–water partition coefficient (Wildman–Crippen LogP) is 1.91. The highest BCUT2D eigenvalue weighted by Crippen LogP contribution is 2.36. The molecule has 4 aliphatic heterocycles. The van der Waals surface area contributed by atoms with Gasteiger partial charge in [-0.25, -0.2) is 0 Å². The Morgan fingerprint density at radius 2 is 2.06 bits per heavy atom. The summed E-state index contributed by atoms with van der Waals surface area (Å²) >= 11 is 0. The van der Waals surface area contributed by atoms with Crippen LogP contribution in [0.25, 0.3) is 0 Å². The van der Waals surface area contributed by atoms with Gasteiger partial charge in [0, 0.05) is 18.6 Å². The fraction of sp³-hybridized carbons (Fsp3) is 1.00. The van der Waals surface area contributed by atoms with Gasteiger partial charge in [-0.2, -0.15) is 0 Å². The first-order chi connectivity index (χ1) is 8.36. The lowest BCUT2D eigenvalue weighted by Crippen LogP contribution is -2.49. The van der Waals surface area contributed by atoms with E-state index in [1.54, 1.807) is 0 Å². The molecule has 2 bridgehead atoms. The summed E-state index contributed by atoms with van der Waals surface area (Å²) in [5, 5.41) is 0. The maximum atomic E-state index is 5.79. The molecule has 4 saturated heterocycles. The Labute approximate surface area is 104 Å². The second kappa shape index (κ2) is 5.25. The lowest BCUT2D eigenvalue weighted by Gasteiger charge is -2.46. The highest BCUT2D eigenvalue weighted by molar-refractivity contribution is 4.90. The number of hydrogen-bond acceptors (Lipinski definition) is 3. The molecular weight excluding hydrogens is 214 g/mol. The van der Waals surface area contributed by atoms with Crippen molar-refractivity contribution < 1.29 is 9.47 Å². The van der Waals surface area contributed by atoms with Crippen LogP contribution >= 0.6 is 0 Å². The van der Waals surface area contributed by atoms with Crippen molar-refractivity contribution in [3.8, 4) is 0 Å². The Kier molecular flexibility index (Phi) is 3.69. The van der Waals surface area contributed by atoms with Gasteiger partial charge in [0.1, 0.15) is 0 Å². The summed E-state index contributed by atoms with van der Waals surface area (Å²) in [6, 6.07) is 0.817. The topological polar surface area (TPSA) is 21.7 Å². The molecule has 3 nitrogen and oxygen atoms in total. The van der Waals surface area contributed by atoms with E-state index in [0.29, 0.717) is 12.0 Å². The normalized spacial score (nSPS) is 45.4. The number of rotatable bonds is 4. The van der Waals surface area contributed by atoms with Crippen LogP contribution < -0.4 is 0 Å². The minimum absolute atomic E-state index is 0.363. The van der Waals surface area contributed by atoms with Crippen LogP contribution in [0.3, 0.4) is 0 Å². The first-order valence-electron chi connectivity index (χ1n) is 7.30. The molecule has 4 fully saturated rings. The number of piperidine rings is 3. The van der Waals surface area contributed by atoms with E-state index in [2.05, 4.69) is 11.8 Å². The van der Waals surface area contributed by atoms with Gasteiger partial charge in [0.15, 0.2) is 0 Å². The van der Waals surface area contributed by atoms with Gasteiger partial charge in [-0.1, -0.05) is 0 Å². The molecule has 3 heteroatoms. The maximum Gasteiger partial charge on any atom is 0.0858 e. The van der Waals surface area contributed by atoms with Crippen LogP contribution in [0.5, 0.6) is 0 Å². The molecule has 0 aromatic rings. The quantitative estimate of drug-likeness (QED) is 0.748. The summed E-state index contributed by atoms with van der Waals surface area (Å²) in [5.41, 5.74) is 0. The summed E-state index contributed by atoms with van der Waals surface area (Å²) in [5.74, 6) is 1.65. The zero-order valence-electron chi connectivity index (χ0n) is 10.9. The molecule has 98 valence electrons. The Morgan fingerprint density at radius 3 is 2.71 bits per heavy atom. The third-order valence-electron chi connectivity index (χ3n) is 4.87. The van der Waals surface area contributed by atoms with Gasteiger partial charge in [0.25, 0.3) is 0 Å². The molecule has 0 aromatic heterocycles. The maximum absolute atomic E-state index is 5.79. The minimum atomic E-state index is 0.363. The van der Waals surface area contributed by atoms with Crippen molar-refractivity contribution in [1.82, 2.24) is 4.90 Å².